The highest BCUT2D eigenvalue weighted by Crippen LogP contribution is 2.47. The van der Waals surface area contributed by atoms with Crippen LogP contribution in [0.1, 0.15) is 18.1 Å². The van der Waals surface area contributed by atoms with E-state index in [4.69, 9.17) is 0 Å². The van der Waals surface area contributed by atoms with E-state index in [1.54, 1.807) is 0 Å². The van der Waals surface area contributed by atoms with Crippen molar-refractivity contribution in [2.45, 2.75) is 43.6 Å². The van der Waals surface area contributed by atoms with E-state index in [2.05, 4.69) is 4.74 Å². The van der Waals surface area contributed by atoms with Crippen LogP contribution < -0.4 is 5.32 Å². The number of benzene rings is 1. The maximum atomic E-state index is 13.4. The van der Waals surface area contributed by atoms with Gasteiger partial charge in [0.2, 0.25) is 0 Å². The summed E-state index contributed by atoms with van der Waals surface area (Å²) in [5.41, 5.74) is -6.89. The summed E-state index contributed by atoms with van der Waals surface area (Å²) in [6, 6.07) is 1.08. The van der Waals surface area contributed by atoms with Crippen LogP contribution in [0.25, 0.3) is 0 Å². The molecule has 0 unspecified atom stereocenters. The van der Waals surface area contributed by atoms with Crippen molar-refractivity contribution < 1.29 is 63.3 Å². The Morgan fingerprint density at radius 2 is 1.48 bits per heavy atom. The second-order valence-electron chi connectivity index (χ2n) is 6.06. The molecule has 0 bridgehead atoms. The number of aryl methyl sites for hydroxylation is 1. The SMILES string of the molecule is CCOC(=O)[C@@](O)(c1ccc(NC(=O)C(F)(F)C(F)(F)C(F)(F)F)c(C)c1)C(F)(F)F. The molecule has 2 N–H and O–H groups in total. The molecule has 0 aromatic heterocycles. The fourth-order valence-corrected chi connectivity index (χ4v) is 2.18. The average molecular weight is 473 g/mol. The van der Waals surface area contributed by atoms with Crippen LogP contribution in [-0.2, 0) is 19.9 Å². The van der Waals surface area contributed by atoms with Crippen LogP contribution in [0, 0.1) is 6.92 Å². The van der Waals surface area contributed by atoms with Crippen molar-refractivity contribution in [1.82, 2.24) is 0 Å². The van der Waals surface area contributed by atoms with E-state index in [1.165, 1.54) is 0 Å². The van der Waals surface area contributed by atoms with Crippen LogP contribution in [0.3, 0.4) is 0 Å². The highest BCUT2D eigenvalue weighted by Gasteiger charge is 2.76. The van der Waals surface area contributed by atoms with Crippen LogP contribution in [0.2, 0.25) is 0 Å². The lowest BCUT2D eigenvalue weighted by Crippen LogP contribution is -2.57. The van der Waals surface area contributed by atoms with E-state index in [9.17, 15) is 58.6 Å². The molecule has 0 aliphatic heterocycles. The molecule has 0 saturated carbocycles. The summed E-state index contributed by atoms with van der Waals surface area (Å²) in [5, 5.41) is 11.0. The molecular formula is C16H13F10NO4. The Morgan fingerprint density at radius 3 is 1.87 bits per heavy atom. The van der Waals surface area contributed by atoms with E-state index in [1.807, 2.05) is 0 Å². The molecule has 1 rings (SSSR count). The van der Waals surface area contributed by atoms with Crippen molar-refractivity contribution >= 4 is 17.6 Å². The van der Waals surface area contributed by atoms with Gasteiger partial charge in [-0.05, 0) is 25.5 Å². The number of nitrogens with one attached hydrogen (secondary N) is 1. The van der Waals surface area contributed by atoms with E-state index in [0.29, 0.717) is 18.2 Å². The van der Waals surface area contributed by atoms with Gasteiger partial charge in [-0.1, -0.05) is 12.1 Å². The van der Waals surface area contributed by atoms with Gasteiger partial charge in [-0.2, -0.15) is 43.9 Å². The van der Waals surface area contributed by atoms with Crippen molar-refractivity contribution in [3.05, 3.63) is 29.3 Å². The van der Waals surface area contributed by atoms with Crippen LogP contribution in [-0.4, -0.2) is 47.8 Å². The molecule has 0 heterocycles. The van der Waals surface area contributed by atoms with Gasteiger partial charge in [-0.15, -0.1) is 0 Å². The lowest BCUT2D eigenvalue weighted by atomic mass is 9.91. The summed E-state index contributed by atoms with van der Waals surface area (Å²) < 4.78 is 133. The average Bonchev–Trinajstić information content (AvgIpc) is 2.60. The maximum Gasteiger partial charge on any atom is 0.460 e. The Balaban J connectivity index is 3.35. The third kappa shape index (κ3) is 4.55. The Morgan fingerprint density at radius 1 is 0.968 bits per heavy atom. The summed E-state index contributed by atoms with van der Waals surface area (Å²) in [4.78, 5) is 23.0. The summed E-state index contributed by atoms with van der Waals surface area (Å²) in [7, 11) is 0. The first-order valence-corrected chi connectivity index (χ1v) is 7.96. The minimum atomic E-state index is -6.78. The zero-order valence-corrected chi connectivity index (χ0v) is 15.4. The first-order valence-electron chi connectivity index (χ1n) is 7.96. The summed E-state index contributed by atoms with van der Waals surface area (Å²) in [6.07, 6.45) is -12.4. The van der Waals surface area contributed by atoms with Gasteiger partial charge >= 0.3 is 36.1 Å². The molecule has 0 aliphatic carbocycles. The standard InChI is InChI=1S/C16H13F10NO4/c1-3-31-11(29)12(30,15(21,22)23)8-4-5-9(7(2)6-8)27-10(28)13(17,18)14(19,20)16(24,25)26/h4-6,30H,3H2,1-2H3,(H,27,28)/t12-/m0/s1. The fourth-order valence-electron chi connectivity index (χ4n) is 2.18. The highest BCUT2D eigenvalue weighted by atomic mass is 19.4. The van der Waals surface area contributed by atoms with Gasteiger partial charge in [-0.25, -0.2) is 4.79 Å². The molecule has 1 atom stereocenters. The number of anilines is 1. The molecular weight excluding hydrogens is 460 g/mol. The molecule has 176 valence electrons. The number of carbonyl (C=O) groups excluding carboxylic acids is 2. The third-order valence-electron chi connectivity index (χ3n) is 3.91. The van der Waals surface area contributed by atoms with Crippen LogP contribution in [0.4, 0.5) is 49.6 Å². The van der Waals surface area contributed by atoms with Crippen molar-refractivity contribution in [2.24, 2.45) is 0 Å². The Kier molecular flexibility index (Phi) is 6.97. The van der Waals surface area contributed by atoms with E-state index < -0.39 is 65.1 Å². The number of amides is 1. The Hall–Kier alpha value is -2.58. The number of carbonyl (C=O) groups is 2. The van der Waals surface area contributed by atoms with Gasteiger partial charge in [0, 0.05) is 11.3 Å². The molecule has 0 spiro atoms. The topological polar surface area (TPSA) is 75.6 Å². The number of rotatable bonds is 6. The van der Waals surface area contributed by atoms with E-state index in [-0.39, 0.29) is 0 Å². The predicted molar refractivity (Wildman–Crippen MR) is 82.3 cm³/mol. The summed E-state index contributed by atoms with van der Waals surface area (Å²) in [6.45, 7) is 1.41. The minimum Gasteiger partial charge on any atom is -0.463 e. The van der Waals surface area contributed by atoms with Crippen molar-refractivity contribution in [3.8, 4) is 0 Å². The first kappa shape index (κ1) is 26.5. The molecule has 0 fully saturated rings. The number of hydrogen-bond acceptors (Lipinski definition) is 4. The van der Waals surface area contributed by atoms with Crippen LogP contribution in [0.5, 0.6) is 0 Å². The quantitative estimate of drug-likeness (QED) is 0.483. The molecule has 31 heavy (non-hydrogen) atoms. The Labute approximate surface area is 167 Å². The van der Waals surface area contributed by atoms with Crippen LogP contribution in [0.15, 0.2) is 18.2 Å². The monoisotopic (exact) mass is 473 g/mol. The lowest BCUT2D eigenvalue weighted by molar-refractivity contribution is -0.343. The van der Waals surface area contributed by atoms with Gasteiger partial charge in [0.15, 0.2) is 0 Å². The zero-order chi connectivity index (χ0) is 24.6. The number of alkyl halides is 10. The molecule has 5 nitrogen and oxygen atoms in total. The van der Waals surface area contributed by atoms with Crippen molar-refractivity contribution in [3.63, 3.8) is 0 Å². The van der Waals surface area contributed by atoms with E-state index >= 15 is 0 Å². The third-order valence-corrected chi connectivity index (χ3v) is 3.91. The van der Waals surface area contributed by atoms with Gasteiger partial charge in [-0.3, -0.25) is 4.79 Å². The van der Waals surface area contributed by atoms with Crippen molar-refractivity contribution in [2.75, 3.05) is 11.9 Å². The van der Waals surface area contributed by atoms with Crippen LogP contribution >= 0.6 is 0 Å². The summed E-state index contributed by atoms with van der Waals surface area (Å²) >= 11 is 0. The van der Waals surface area contributed by atoms with E-state index in [0.717, 1.165) is 19.2 Å². The van der Waals surface area contributed by atoms with Gasteiger partial charge in [0.25, 0.3) is 5.60 Å². The Bertz CT molecular complexity index is 850. The number of hydrogen-bond donors (Lipinski definition) is 2. The maximum absolute atomic E-state index is 13.4. The first-order chi connectivity index (χ1) is 13.7. The normalized spacial score (nSPS) is 15.3. The molecule has 1 aromatic carbocycles. The largest absolute Gasteiger partial charge is 0.463 e. The molecule has 15 heteroatoms. The number of aliphatic hydroxyl groups is 1. The van der Waals surface area contributed by atoms with Crippen molar-refractivity contribution in [1.29, 1.82) is 0 Å². The second kappa shape index (κ2) is 8.16. The smallest absolute Gasteiger partial charge is 0.460 e. The number of ether oxygens (including phenoxy) is 1. The summed E-state index contributed by atoms with van der Waals surface area (Å²) in [5.74, 6) is -18.3. The van der Waals surface area contributed by atoms with Gasteiger partial charge < -0.3 is 15.2 Å². The zero-order valence-electron chi connectivity index (χ0n) is 15.4. The fraction of sp³-hybridized carbons (Fsp3) is 0.500. The van der Waals surface area contributed by atoms with Gasteiger partial charge in [0.1, 0.15) is 0 Å². The predicted octanol–water partition coefficient (Wildman–Crippen LogP) is 4.08. The lowest BCUT2D eigenvalue weighted by Gasteiger charge is -2.29. The number of esters is 1. The molecule has 1 amide bonds. The molecule has 1 aromatic rings. The molecule has 0 saturated heterocycles. The molecule has 0 radical (unpaired) electrons. The second-order valence-corrected chi connectivity index (χ2v) is 6.06. The number of halogens is 10. The van der Waals surface area contributed by atoms with Gasteiger partial charge in [0.05, 0.1) is 6.61 Å². The minimum absolute atomic E-state index is 0.313. The highest BCUT2D eigenvalue weighted by molar-refractivity contribution is 5.97. The molecule has 0 aliphatic rings.